The predicted octanol–water partition coefficient (Wildman–Crippen LogP) is 3.71. The fraction of sp³-hybridized carbons (Fsp3) is 0.526. The minimum absolute atomic E-state index is 0.149. The molecular weight excluding hydrogens is 289 g/mol. The van der Waals surface area contributed by atoms with Gasteiger partial charge in [0.05, 0.1) is 5.69 Å². The van der Waals surface area contributed by atoms with E-state index in [4.69, 9.17) is 0 Å². The first-order chi connectivity index (χ1) is 11.1. The van der Waals surface area contributed by atoms with E-state index in [9.17, 15) is 4.39 Å². The third-order valence-corrected chi connectivity index (χ3v) is 5.06. The van der Waals surface area contributed by atoms with Crippen LogP contribution in [0.3, 0.4) is 0 Å². The Labute approximate surface area is 138 Å². The van der Waals surface area contributed by atoms with Gasteiger partial charge in [0.2, 0.25) is 0 Å². The van der Waals surface area contributed by atoms with Crippen LogP contribution in [-0.4, -0.2) is 27.5 Å². The molecule has 0 amide bonds. The molecule has 1 aromatic carbocycles. The number of hydrogen-bond acceptors (Lipinski definition) is 2. The Balaban J connectivity index is 1.51. The predicted molar refractivity (Wildman–Crippen MR) is 90.7 cm³/mol. The number of aryl methyl sites for hydroxylation is 2. The zero-order chi connectivity index (χ0) is 16.2. The highest BCUT2D eigenvalue weighted by Crippen LogP contribution is 2.23. The summed E-state index contributed by atoms with van der Waals surface area (Å²) in [4.78, 5) is 6.94. The fourth-order valence-corrected chi connectivity index (χ4v) is 3.48. The van der Waals surface area contributed by atoms with Gasteiger partial charge in [-0.1, -0.05) is 12.1 Å². The Morgan fingerprint density at radius 1 is 1.26 bits per heavy atom. The zero-order valence-electron chi connectivity index (χ0n) is 14.1. The van der Waals surface area contributed by atoms with Crippen LogP contribution in [-0.2, 0) is 20.0 Å². The van der Waals surface area contributed by atoms with E-state index in [-0.39, 0.29) is 5.82 Å². The molecule has 124 valence electrons. The van der Waals surface area contributed by atoms with Crippen LogP contribution < -0.4 is 0 Å². The Hall–Kier alpha value is -1.68. The molecular formula is C19H26FN3. The summed E-state index contributed by atoms with van der Waals surface area (Å²) in [5.74, 6) is 1.66. The molecule has 1 aromatic heterocycles. The largest absolute Gasteiger partial charge is 0.334 e. The lowest BCUT2D eigenvalue weighted by Gasteiger charge is -2.32. The van der Waals surface area contributed by atoms with Gasteiger partial charge in [0.1, 0.15) is 11.6 Å². The van der Waals surface area contributed by atoms with E-state index in [0.717, 1.165) is 31.3 Å². The SMILES string of the molecule is Cc1ncc(CN2CCC[C@H](CCc3ccc(F)cc3)C2)n1C. The van der Waals surface area contributed by atoms with Crippen molar-refractivity contribution in [3.05, 3.63) is 53.4 Å². The molecule has 0 bridgehead atoms. The second-order valence-corrected chi connectivity index (χ2v) is 6.76. The molecule has 0 N–H and O–H groups in total. The Bertz CT molecular complexity index is 633. The fourth-order valence-electron chi connectivity index (χ4n) is 3.48. The third kappa shape index (κ3) is 4.20. The van der Waals surface area contributed by atoms with Crippen molar-refractivity contribution in [1.29, 1.82) is 0 Å². The Kier molecular flexibility index (Phi) is 5.11. The van der Waals surface area contributed by atoms with Crippen LogP contribution in [0.2, 0.25) is 0 Å². The van der Waals surface area contributed by atoms with Crippen LogP contribution in [0, 0.1) is 18.7 Å². The number of imidazole rings is 1. The molecule has 1 fully saturated rings. The van der Waals surface area contributed by atoms with Crippen molar-refractivity contribution in [3.63, 3.8) is 0 Å². The van der Waals surface area contributed by atoms with Crippen LogP contribution in [0.15, 0.2) is 30.5 Å². The highest BCUT2D eigenvalue weighted by molar-refractivity contribution is 5.16. The molecule has 0 spiro atoms. The maximum Gasteiger partial charge on any atom is 0.123 e. The lowest BCUT2D eigenvalue weighted by molar-refractivity contribution is 0.159. The number of rotatable bonds is 5. The van der Waals surface area contributed by atoms with E-state index < -0.39 is 0 Å². The van der Waals surface area contributed by atoms with Gasteiger partial charge < -0.3 is 4.57 Å². The standard InChI is InChI=1S/C19H26FN3/c1-15-21-12-19(22(15)2)14-23-11-3-4-17(13-23)6-5-16-7-9-18(20)10-8-16/h7-10,12,17H,3-6,11,13-14H2,1-2H3/t17-/m1/s1. The summed E-state index contributed by atoms with van der Waals surface area (Å²) >= 11 is 0. The number of hydrogen-bond donors (Lipinski definition) is 0. The smallest absolute Gasteiger partial charge is 0.123 e. The van der Waals surface area contributed by atoms with E-state index in [1.54, 1.807) is 12.1 Å². The number of likely N-dealkylation sites (tertiary alicyclic amines) is 1. The van der Waals surface area contributed by atoms with Crippen LogP contribution in [0.4, 0.5) is 4.39 Å². The van der Waals surface area contributed by atoms with Crippen molar-refractivity contribution in [2.45, 2.75) is 39.2 Å². The van der Waals surface area contributed by atoms with Crippen molar-refractivity contribution < 1.29 is 4.39 Å². The van der Waals surface area contributed by atoms with Gasteiger partial charge >= 0.3 is 0 Å². The Morgan fingerprint density at radius 3 is 2.74 bits per heavy atom. The van der Waals surface area contributed by atoms with Crippen LogP contribution in [0.1, 0.15) is 36.3 Å². The van der Waals surface area contributed by atoms with E-state index in [2.05, 4.69) is 21.5 Å². The number of piperidine rings is 1. The zero-order valence-corrected chi connectivity index (χ0v) is 14.1. The molecule has 1 aliphatic rings. The highest BCUT2D eigenvalue weighted by atomic mass is 19.1. The highest BCUT2D eigenvalue weighted by Gasteiger charge is 2.20. The second kappa shape index (κ2) is 7.26. The summed E-state index contributed by atoms with van der Waals surface area (Å²) in [6, 6.07) is 6.95. The lowest BCUT2D eigenvalue weighted by Crippen LogP contribution is -2.35. The van der Waals surface area contributed by atoms with E-state index >= 15 is 0 Å². The summed E-state index contributed by atoms with van der Waals surface area (Å²) in [5, 5.41) is 0. The van der Waals surface area contributed by atoms with Gasteiger partial charge in [-0.3, -0.25) is 4.90 Å². The van der Waals surface area contributed by atoms with Crippen molar-refractivity contribution in [1.82, 2.24) is 14.5 Å². The molecule has 0 radical (unpaired) electrons. The normalized spacial score (nSPS) is 19.2. The number of benzene rings is 1. The summed E-state index contributed by atoms with van der Waals surface area (Å²) < 4.78 is 15.1. The summed E-state index contributed by atoms with van der Waals surface area (Å²) in [5.41, 5.74) is 2.53. The van der Waals surface area contributed by atoms with Gasteiger partial charge in [0, 0.05) is 26.3 Å². The van der Waals surface area contributed by atoms with Crippen LogP contribution in [0.5, 0.6) is 0 Å². The van der Waals surface area contributed by atoms with E-state index in [1.165, 1.54) is 37.1 Å². The molecule has 1 saturated heterocycles. The Morgan fingerprint density at radius 2 is 2.04 bits per heavy atom. The molecule has 23 heavy (non-hydrogen) atoms. The van der Waals surface area contributed by atoms with Gasteiger partial charge in [-0.05, 0) is 62.8 Å². The molecule has 1 atom stereocenters. The molecule has 3 rings (SSSR count). The van der Waals surface area contributed by atoms with Gasteiger partial charge in [-0.15, -0.1) is 0 Å². The molecule has 2 aromatic rings. The van der Waals surface area contributed by atoms with E-state index in [0.29, 0.717) is 0 Å². The lowest BCUT2D eigenvalue weighted by atomic mass is 9.91. The van der Waals surface area contributed by atoms with Gasteiger partial charge in [0.15, 0.2) is 0 Å². The summed E-state index contributed by atoms with van der Waals surface area (Å²) in [7, 11) is 2.09. The first-order valence-corrected chi connectivity index (χ1v) is 8.56. The van der Waals surface area contributed by atoms with Crippen molar-refractivity contribution in [2.24, 2.45) is 13.0 Å². The summed E-state index contributed by atoms with van der Waals surface area (Å²) in [6.45, 7) is 5.37. The summed E-state index contributed by atoms with van der Waals surface area (Å²) in [6.07, 6.45) is 6.81. The molecule has 0 unspecified atom stereocenters. The molecule has 4 heteroatoms. The molecule has 0 saturated carbocycles. The van der Waals surface area contributed by atoms with Crippen LogP contribution >= 0.6 is 0 Å². The minimum Gasteiger partial charge on any atom is -0.334 e. The van der Waals surface area contributed by atoms with E-state index in [1.807, 2.05) is 25.3 Å². The molecule has 1 aliphatic heterocycles. The van der Waals surface area contributed by atoms with Gasteiger partial charge in [-0.2, -0.15) is 0 Å². The number of aromatic nitrogens is 2. The van der Waals surface area contributed by atoms with Gasteiger partial charge in [0.25, 0.3) is 0 Å². The first kappa shape index (κ1) is 16.2. The van der Waals surface area contributed by atoms with Crippen molar-refractivity contribution in [3.8, 4) is 0 Å². The van der Waals surface area contributed by atoms with Crippen molar-refractivity contribution in [2.75, 3.05) is 13.1 Å². The number of nitrogens with zero attached hydrogens (tertiary/aromatic N) is 3. The monoisotopic (exact) mass is 315 g/mol. The third-order valence-electron chi connectivity index (χ3n) is 5.06. The maximum absolute atomic E-state index is 13.0. The molecule has 0 aliphatic carbocycles. The quantitative estimate of drug-likeness (QED) is 0.838. The first-order valence-electron chi connectivity index (χ1n) is 8.56. The average molecular weight is 315 g/mol. The average Bonchev–Trinajstić information content (AvgIpc) is 2.87. The minimum atomic E-state index is -0.149. The second-order valence-electron chi connectivity index (χ2n) is 6.76. The topological polar surface area (TPSA) is 21.1 Å². The maximum atomic E-state index is 13.0. The number of halogens is 1. The molecule has 3 nitrogen and oxygen atoms in total. The molecule has 2 heterocycles. The van der Waals surface area contributed by atoms with Crippen LogP contribution in [0.25, 0.3) is 0 Å². The van der Waals surface area contributed by atoms with Crippen molar-refractivity contribution >= 4 is 0 Å². The van der Waals surface area contributed by atoms with Gasteiger partial charge in [-0.25, -0.2) is 9.37 Å².